The maximum absolute atomic E-state index is 9.52. The fourth-order valence-corrected chi connectivity index (χ4v) is 3.74. The summed E-state index contributed by atoms with van der Waals surface area (Å²) in [6.45, 7) is 2.24. The molecule has 2 N–H and O–H groups in total. The third kappa shape index (κ3) is 2.51. The van der Waals surface area contributed by atoms with Gasteiger partial charge in [0, 0.05) is 5.41 Å². The van der Waals surface area contributed by atoms with Crippen molar-refractivity contribution in [1.82, 2.24) is 0 Å². The molecule has 0 bridgehead atoms. The molecule has 0 amide bonds. The van der Waals surface area contributed by atoms with Crippen molar-refractivity contribution in [1.29, 1.82) is 0 Å². The Labute approximate surface area is 126 Å². The maximum Gasteiger partial charge on any atom is 0.115 e. The zero-order valence-electron chi connectivity index (χ0n) is 12.4. The van der Waals surface area contributed by atoms with Crippen molar-refractivity contribution in [3.8, 4) is 11.5 Å². The Morgan fingerprint density at radius 2 is 1.29 bits per heavy atom. The van der Waals surface area contributed by atoms with Gasteiger partial charge in [-0.2, -0.15) is 0 Å². The number of benzene rings is 2. The first-order valence-corrected chi connectivity index (χ1v) is 7.73. The van der Waals surface area contributed by atoms with Crippen LogP contribution in [0.1, 0.15) is 43.7 Å². The summed E-state index contributed by atoms with van der Waals surface area (Å²) in [5, 5.41) is 19.0. The fraction of sp³-hybridized carbons (Fsp3) is 0.368. The van der Waals surface area contributed by atoms with Crippen LogP contribution in [0.3, 0.4) is 0 Å². The number of hydrogen-bond donors (Lipinski definition) is 2. The summed E-state index contributed by atoms with van der Waals surface area (Å²) in [4.78, 5) is 0. The van der Waals surface area contributed by atoms with Crippen molar-refractivity contribution >= 4 is 0 Å². The summed E-state index contributed by atoms with van der Waals surface area (Å²) in [6.07, 6.45) is 4.80. The Morgan fingerprint density at radius 1 is 0.857 bits per heavy atom. The van der Waals surface area contributed by atoms with Crippen molar-refractivity contribution in [3.05, 3.63) is 59.7 Å². The Hall–Kier alpha value is -1.96. The van der Waals surface area contributed by atoms with E-state index >= 15 is 0 Å². The van der Waals surface area contributed by atoms with E-state index in [1.54, 1.807) is 24.3 Å². The van der Waals surface area contributed by atoms with Gasteiger partial charge in [0.15, 0.2) is 0 Å². The molecule has 0 saturated heterocycles. The molecule has 1 saturated carbocycles. The fourth-order valence-electron chi connectivity index (χ4n) is 3.74. The van der Waals surface area contributed by atoms with E-state index in [-0.39, 0.29) is 5.41 Å². The summed E-state index contributed by atoms with van der Waals surface area (Å²) in [5.41, 5.74) is 2.57. The lowest BCUT2D eigenvalue weighted by molar-refractivity contribution is 0.170. The van der Waals surface area contributed by atoms with Crippen molar-refractivity contribution < 1.29 is 10.2 Å². The van der Waals surface area contributed by atoms with Gasteiger partial charge in [-0.05, 0) is 54.2 Å². The van der Waals surface area contributed by atoms with Crippen molar-refractivity contribution in [3.63, 3.8) is 0 Å². The van der Waals surface area contributed by atoms with Gasteiger partial charge >= 0.3 is 0 Å². The van der Waals surface area contributed by atoms with Gasteiger partial charge < -0.3 is 10.2 Å². The summed E-state index contributed by atoms with van der Waals surface area (Å²) in [7, 11) is 0. The first kappa shape index (κ1) is 14.0. The summed E-state index contributed by atoms with van der Waals surface area (Å²) in [6, 6.07) is 15.2. The molecule has 0 unspecified atom stereocenters. The number of hydrogen-bond acceptors (Lipinski definition) is 2. The zero-order chi connectivity index (χ0) is 14.9. The molecule has 0 heterocycles. The molecule has 0 aromatic heterocycles. The summed E-state index contributed by atoms with van der Waals surface area (Å²) in [5.74, 6) is 1.39. The van der Waals surface area contributed by atoms with Gasteiger partial charge in [0.25, 0.3) is 0 Å². The molecule has 2 aromatic carbocycles. The van der Waals surface area contributed by atoms with Gasteiger partial charge in [-0.1, -0.05) is 44.0 Å². The summed E-state index contributed by atoms with van der Waals surface area (Å²) >= 11 is 0. The van der Waals surface area contributed by atoms with Crippen molar-refractivity contribution in [2.24, 2.45) is 5.92 Å². The van der Waals surface area contributed by atoms with Crippen LogP contribution in [0.4, 0.5) is 0 Å². The molecule has 1 aliphatic carbocycles. The highest BCUT2D eigenvalue weighted by Gasteiger charge is 2.46. The van der Waals surface area contributed by atoms with Gasteiger partial charge in [0.2, 0.25) is 0 Å². The number of phenols is 2. The largest absolute Gasteiger partial charge is 0.508 e. The molecule has 0 radical (unpaired) electrons. The van der Waals surface area contributed by atoms with E-state index < -0.39 is 0 Å². The van der Waals surface area contributed by atoms with E-state index in [0.717, 1.165) is 18.8 Å². The monoisotopic (exact) mass is 282 g/mol. The highest BCUT2D eigenvalue weighted by molar-refractivity contribution is 5.45. The summed E-state index contributed by atoms with van der Waals surface area (Å²) < 4.78 is 0. The van der Waals surface area contributed by atoms with Crippen LogP contribution in [0.25, 0.3) is 0 Å². The number of aromatic hydroxyl groups is 2. The first-order valence-electron chi connectivity index (χ1n) is 7.73. The van der Waals surface area contributed by atoms with Crippen LogP contribution in [0.2, 0.25) is 0 Å². The second kappa shape index (κ2) is 5.44. The van der Waals surface area contributed by atoms with Gasteiger partial charge in [-0.25, -0.2) is 0 Å². The van der Waals surface area contributed by atoms with Crippen LogP contribution in [0.5, 0.6) is 11.5 Å². The molecule has 0 aliphatic heterocycles. The lowest BCUT2D eigenvalue weighted by Gasteiger charge is -2.49. The van der Waals surface area contributed by atoms with E-state index in [1.807, 2.05) is 24.3 Å². The smallest absolute Gasteiger partial charge is 0.115 e. The Kier molecular flexibility index (Phi) is 3.62. The first-order chi connectivity index (χ1) is 10.1. The molecule has 110 valence electrons. The third-order valence-electron chi connectivity index (χ3n) is 4.81. The lowest BCUT2D eigenvalue weighted by Crippen LogP contribution is -2.42. The van der Waals surface area contributed by atoms with E-state index in [0.29, 0.717) is 11.5 Å². The average Bonchev–Trinajstić information content (AvgIpc) is 2.45. The molecule has 0 spiro atoms. The third-order valence-corrected chi connectivity index (χ3v) is 4.81. The molecule has 3 rings (SSSR count). The Morgan fingerprint density at radius 3 is 1.67 bits per heavy atom. The second-order valence-electron chi connectivity index (χ2n) is 6.24. The number of rotatable bonds is 4. The maximum atomic E-state index is 9.52. The number of phenolic OH excluding ortho intramolecular Hbond substituents is 2. The topological polar surface area (TPSA) is 40.5 Å². The van der Waals surface area contributed by atoms with Gasteiger partial charge in [0.05, 0.1) is 0 Å². The normalized spacial score (nSPS) is 17.4. The van der Waals surface area contributed by atoms with E-state index in [9.17, 15) is 10.2 Å². The molecule has 1 aliphatic rings. The molecular formula is C19H22O2. The van der Waals surface area contributed by atoms with E-state index in [4.69, 9.17) is 0 Å². The standard InChI is InChI=1S/C19H22O2/c1-2-3-14-12-19(13-14,15-4-8-17(20)9-5-15)16-6-10-18(21)11-7-16/h4-11,14,20-21H,2-3,12-13H2,1H3. The van der Waals surface area contributed by atoms with Crippen LogP contribution < -0.4 is 0 Å². The average molecular weight is 282 g/mol. The minimum absolute atomic E-state index is 0.0429. The predicted molar refractivity (Wildman–Crippen MR) is 84.6 cm³/mol. The highest BCUT2D eigenvalue weighted by atomic mass is 16.3. The second-order valence-corrected chi connectivity index (χ2v) is 6.24. The molecule has 2 heteroatoms. The van der Waals surface area contributed by atoms with E-state index in [2.05, 4.69) is 6.92 Å². The molecule has 0 atom stereocenters. The minimum atomic E-state index is 0.0429. The van der Waals surface area contributed by atoms with Crippen LogP contribution in [0.15, 0.2) is 48.5 Å². The molecular weight excluding hydrogens is 260 g/mol. The Balaban J connectivity index is 1.96. The zero-order valence-corrected chi connectivity index (χ0v) is 12.4. The van der Waals surface area contributed by atoms with Crippen LogP contribution in [-0.4, -0.2) is 10.2 Å². The van der Waals surface area contributed by atoms with Gasteiger partial charge in [-0.15, -0.1) is 0 Å². The van der Waals surface area contributed by atoms with Crippen LogP contribution in [0, 0.1) is 5.92 Å². The molecule has 21 heavy (non-hydrogen) atoms. The molecule has 2 nitrogen and oxygen atoms in total. The van der Waals surface area contributed by atoms with Crippen LogP contribution in [-0.2, 0) is 5.41 Å². The van der Waals surface area contributed by atoms with Gasteiger partial charge in [-0.3, -0.25) is 0 Å². The quantitative estimate of drug-likeness (QED) is 0.860. The minimum Gasteiger partial charge on any atom is -0.508 e. The van der Waals surface area contributed by atoms with Crippen LogP contribution >= 0.6 is 0 Å². The molecule has 2 aromatic rings. The highest BCUT2D eigenvalue weighted by Crippen LogP contribution is 2.54. The van der Waals surface area contributed by atoms with Gasteiger partial charge in [0.1, 0.15) is 11.5 Å². The lowest BCUT2D eigenvalue weighted by atomic mass is 9.54. The SMILES string of the molecule is CCCC1CC(c2ccc(O)cc2)(c2ccc(O)cc2)C1. The predicted octanol–water partition coefficient (Wildman–Crippen LogP) is 4.59. The van der Waals surface area contributed by atoms with Crippen molar-refractivity contribution in [2.75, 3.05) is 0 Å². The Bertz CT molecular complexity index is 545. The molecule has 1 fully saturated rings. The van der Waals surface area contributed by atoms with E-state index in [1.165, 1.54) is 24.0 Å². The van der Waals surface area contributed by atoms with Crippen molar-refractivity contribution in [2.45, 2.75) is 38.0 Å².